The predicted octanol–water partition coefficient (Wildman–Crippen LogP) is 1.73. The Morgan fingerprint density at radius 3 is 2.65 bits per heavy atom. The fourth-order valence-corrected chi connectivity index (χ4v) is 5.03. The molecule has 3 N–H and O–H groups in total. The molecule has 3 amide bonds. The van der Waals surface area contributed by atoms with Crippen LogP contribution < -0.4 is 16.0 Å². The fraction of sp³-hybridized carbons (Fsp3) is 0.375. The van der Waals surface area contributed by atoms with Crippen molar-refractivity contribution in [2.24, 2.45) is 5.73 Å². The number of piperidine rings is 1. The van der Waals surface area contributed by atoms with Crippen molar-refractivity contribution in [1.29, 1.82) is 0 Å². The Morgan fingerprint density at radius 1 is 1.00 bits per heavy atom. The lowest BCUT2D eigenvalue weighted by Gasteiger charge is -2.38. The molecule has 0 aromatic heterocycles. The second-order valence-electron chi connectivity index (χ2n) is 8.58. The average Bonchev–Trinajstić information content (AvgIpc) is 3.10. The number of hydrogen-bond donors (Lipinski definition) is 2. The Kier molecular flexibility index (Phi) is 4.98. The number of aryl methyl sites for hydroxylation is 1. The van der Waals surface area contributed by atoms with Crippen LogP contribution in [0.15, 0.2) is 42.5 Å². The van der Waals surface area contributed by atoms with Crippen molar-refractivity contribution < 1.29 is 14.4 Å². The molecule has 7 nitrogen and oxygen atoms in total. The normalized spacial score (nSPS) is 22.9. The van der Waals surface area contributed by atoms with E-state index in [1.165, 1.54) is 11.3 Å². The Balaban J connectivity index is 1.39. The standard InChI is InChI=1S/C24H26N4O3/c25-12-18-8-7-16-3-1-2-4-20(16)27(18)13-15-5-6-17-14-28(24(31)19(17)11-15)21-9-10-22(29)26-23(21)30/h1-6,11,18,21H,7-10,12-14,25H2,(H,26,29,30). The maximum absolute atomic E-state index is 13.1. The van der Waals surface area contributed by atoms with Gasteiger partial charge in [-0.2, -0.15) is 0 Å². The molecule has 3 aliphatic rings. The molecule has 3 heterocycles. The molecule has 2 unspecified atom stereocenters. The van der Waals surface area contributed by atoms with Crippen molar-refractivity contribution in [1.82, 2.24) is 10.2 Å². The van der Waals surface area contributed by atoms with E-state index in [2.05, 4.69) is 40.5 Å². The van der Waals surface area contributed by atoms with Gasteiger partial charge in [-0.1, -0.05) is 30.3 Å². The molecule has 3 aliphatic heterocycles. The predicted molar refractivity (Wildman–Crippen MR) is 116 cm³/mol. The van der Waals surface area contributed by atoms with Gasteiger partial charge in [0.2, 0.25) is 11.8 Å². The van der Waals surface area contributed by atoms with Crippen molar-refractivity contribution in [3.05, 3.63) is 64.7 Å². The zero-order valence-electron chi connectivity index (χ0n) is 17.3. The first kappa shape index (κ1) is 19.8. The third-order valence-corrected chi connectivity index (χ3v) is 6.71. The summed E-state index contributed by atoms with van der Waals surface area (Å²) in [5.41, 5.74) is 11.2. The van der Waals surface area contributed by atoms with Gasteiger partial charge in [0.15, 0.2) is 0 Å². The number of nitrogens with zero attached hydrogens (tertiary/aromatic N) is 2. The summed E-state index contributed by atoms with van der Waals surface area (Å²) in [4.78, 5) is 40.8. The third-order valence-electron chi connectivity index (χ3n) is 6.71. The number of carbonyl (C=O) groups excluding carboxylic acids is 3. The van der Waals surface area contributed by atoms with E-state index in [0.29, 0.717) is 31.6 Å². The van der Waals surface area contributed by atoms with Gasteiger partial charge in [0.25, 0.3) is 5.91 Å². The summed E-state index contributed by atoms with van der Waals surface area (Å²) in [7, 11) is 0. The Hall–Kier alpha value is -3.19. The van der Waals surface area contributed by atoms with Gasteiger partial charge in [-0.15, -0.1) is 0 Å². The number of benzene rings is 2. The molecule has 2 aromatic rings. The number of nitrogens with one attached hydrogen (secondary N) is 1. The van der Waals surface area contributed by atoms with E-state index in [9.17, 15) is 14.4 Å². The van der Waals surface area contributed by atoms with E-state index in [0.717, 1.165) is 24.0 Å². The summed E-state index contributed by atoms with van der Waals surface area (Å²) in [5.74, 6) is -0.793. The van der Waals surface area contributed by atoms with Crippen molar-refractivity contribution >= 4 is 23.4 Å². The smallest absolute Gasteiger partial charge is 0.255 e. The number of rotatable bonds is 4. The van der Waals surface area contributed by atoms with E-state index in [1.807, 2.05) is 12.1 Å². The molecule has 0 spiro atoms. The molecule has 0 radical (unpaired) electrons. The minimum atomic E-state index is -0.586. The van der Waals surface area contributed by atoms with E-state index in [-0.39, 0.29) is 30.2 Å². The lowest BCUT2D eigenvalue weighted by Crippen LogP contribution is -2.52. The number of amides is 3. The van der Waals surface area contributed by atoms with Crippen molar-refractivity contribution in [2.75, 3.05) is 11.4 Å². The van der Waals surface area contributed by atoms with Crippen LogP contribution in [0.2, 0.25) is 0 Å². The van der Waals surface area contributed by atoms with Crippen molar-refractivity contribution in [2.45, 2.75) is 50.9 Å². The quantitative estimate of drug-likeness (QED) is 0.738. The van der Waals surface area contributed by atoms with Crippen LogP contribution in [0, 0.1) is 0 Å². The van der Waals surface area contributed by atoms with Gasteiger partial charge in [-0.05, 0) is 48.1 Å². The topological polar surface area (TPSA) is 95.7 Å². The molecule has 0 bridgehead atoms. The van der Waals surface area contributed by atoms with E-state index in [4.69, 9.17) is 5.73 Å². The van der Waals surface area contributed by atoms with Gasteiger partial charge >= 0.3 is 0 Å². The first-order valence-corrected chi connectivity index (χ1v) is 10.9. The molecule has 2 atom stereocenters. The summed E-state index contributed by atoms with van der Waals surface area (Å²) in [5, 5.41) is 2.35. The molecule has 0 saturated carbocycles. The molecule has 31 heavy (non-hydrogen) atoms. The van der Waals surface area contributed by atoms with Crippen LogP contribution in [-0.2, 0) is 29.1 Å². The Morgan fingerprint density at radius 2 is 1.84 bits per heavy atom. The largest absolute Gasteiger partial charge is 0.363 e. The Bertz CT molecular complexity index is 1070. The highest BCUT2D eigenvalue weighted by molar-refractivity contribution is 6.05. The fourth-order valence-electron chi connectivity index (χ4n) is 5.03. The molecular weight excluding hydrogens is 392 g/mol. The van der Waals surface area contributed by atoms with Gasteiger partial charge in [0.05, 0.1) is 0 Å². The second-order valence-corrected chi connectivity index (χ2v) is 8.58. The summed E-state index contributed by atoms with van der Waals surface area (Å²) < 4.78 is 0. The van der Waals surface area contributed by atoms with Crippen LogP contribution in [0.25, 0.3) is 0 Å². The van der Waals surface area contributed by atoms with E-state index >= 15 is 0 Å². The average molecular weight is 418 g/mol. The minimum Gasteiger partial charge on any atom is -0.363 e. The first-order valence-electron chi connectivity index (χ1n) is 10.9. The highest BCUT2D eigenvalue weighted by Gasteiger charge is 2.39. The van der Waals surface area contributed by atoms with E-state index in [1.54, 1.807) is 4.90 Å². The van der Waals surface area contributed by atoms with Gasteiger partial charge < -0.3 is 15.5 Å². The minimum absolute atomic E-state index is 0.138. The SMILES string of the molecule is NCC1CCc2ccccc2N1Cc1ccc2c(c1)C(=O)N(C1CCC(=O)NC1=O)C2. The van der Waals surface area contributed by atoms with Crippen LogP contribution in [0.4, 0.5) is 5.69 Å². The molecule has 160 valence electrons. The molecular formula is C24H26N4O3. The van der Waals surface area contributed by atoms with Gasteiger partial charge in [-0.3, -0.25) is 19.7 Å². The monoisotopic (exact) mass is 418 g/mol. The van der Waals surface area contributed by atoms with Crippen LogP contribution in [0.3, 0.4) is 0 Å². The maximum Gasteiger partial charge on any atom is 0.255 e. The lowest BCUT2D eigenvalue weighted by atomic mass is 9.94. The Labute approximate surface area is 181 Å². The lowest BCUT2D eigenvalue weighted by molar-refractivity contribution is -0.136. The van der Waals surface area contributed by atoms with Crippen molar-refractivity contribution in [3.8, 4) is 0 Å². The maximum atomic E-state index is 13.1. The van der Waals surface area contributed by atoms with Gasteiger partial charge in [0.1, 0.15) is 6.04 Å². The molecule has 2 aromatic carbocycles. The number of fused-ring (bicyclic) bond motifs is 2. The summed E-state index contributed by atoms with van der Waals surface area (Å²) in [6.07, 6.45) is 2.68. The van der Waals surface area contributed by atoms with Crippen molar-refractivity contribution in [3.63, 3.8) is 0 Å². The molecule has 5 rings (SSSR count). The van der Waals surface area contributed by atoms with Gasteiger partial charge in [0, 0.05) is 43.3 Å². The number of imide groups is 1. The first-order chi connectivity index (χ1) is 15.0. The number of nitrogens with two attached hydrogens (primary N) is 1. The zero-order chi connectivity index (χ0) is 21.5. The highest BCUT2D eigenvalue weighted by atomic mass is 16.2. The molecule has 7 heteroatoms. The third kappa shape index (κ3) is 3.49. The number of carbonyl (C=O) groups is 3. The summed E-state index contributed by atoms with van der Waals surface area (Å²) >= 11 is 0. The molecule has 1 saturated heterocycles. The van der Waals surface area contributed by atoms with Crippen LogP contribution in [0.5, 0.6) is 0 Å². The van der Waals surface area contributed by atoms with Crippen LogP contribution >= 0.6 is 0 Å². The molecule has 1 fully saturated rings. The number of para-hydroxylation sites is 1. The number of anilines is 1. The van der Waals surface area contributed by atoms with Crippen LogP contribution in [-0.4, -0.2) is 41.2 Å². The summed E-state index contributed by atoms with van der Waals surface area (Å²) in [6.45, 7) is 1.66. The second kappa shape index (κ2) is 7.81. The molecule has 0 aliphatic carbocycles. The zero-order valence-corrected chi connectivity index (χ0v) is 17.3. The number of hydrogen-bond acceptors (Lipinski definition) is 5. The summed E-state index contributed by atoms with van der Waals surface area (Å²) in [6, 6.07) is 14.1. The van der Waals surface area contributed by atoms with Gasteiger partial charge in [-0.25, -0.2) is 0 Å². The van der Waals surface area contributed by atoms with E-state index < -0.39 is 6.04 Å². The highest BCUT2D eigenvalue weighted by Crippen LogP contribution is 2.33. The van der Waals surface area contributed by atoms with Crippen LogP contribution in [0.1, 0.15) is 46.3 Å².